The molecule has 5 atom stereocenters. The van der Waals surface area contributed by atoms with Crippen LogP contribution in [0.15, 0.2) is 0 Å². The fraction of sp³-hybridized carbons (Fsp3) is 0.882. The first-order chi connectivity index (χ1) is 10.8. The molecule has 5 nitrogen and oxygen atoms in total. The molecule has 0 aromatic heterocycles. The van der Waals surface area contributed by atoms with E-state index in [0.717, 1.165) is 38.5 Å². The van der Waals surface area contributed by atoms with Crippen molar-refractivity contribution in [3.63, 3.8) is 0 Å². The van der Waals surface area contributed by atoms with Crippen molar-refractivity contribution < 1.29 is 9.90 Å². The lowest BCUT2D eigenvalue weighted by Gasteiger charge is -2.63. The van der Waals surface area contributed by atoms with Crippen molar-refractivity contribution in [2.24, 2.45) is 5.92 Å². The molecule has 126 valence electrons. The van der Waals surface area contributed by atoms with Gasteiger partial charge in [0, 0.05) is 17.0 Å². The SMILES string of the molecule is N#CC1CCCN1C(=O)CNC12CC3CC(O)(CC(Cl)(C3)C1)C2. The predicted molar refractivity (Wildman–Crippen MR) is 85.8 cm³/mol. The number of rotatable bonds is 3. The van der Waals surface area contributed by atoms with Crippen molar-refractivity contribution in [2.45, 2.75) is 73.4 Å². The highest BCUT2D eigenvalue weighted by atomic mass is 35.5. The van der Waals surface area contributed by atoms with Gasteiger partial charge in [0.05, 0.1) is 18.2 Å². The molecule has 4 saturated carbocycles. The third-order valence-electron chi connectivity index (χ3n) is 6.31. The summed E-state index contributed by atoms with van der Waals surface area (Å²) in [5.41, 5.74) is -0.881. The normalized spacial score (nSPS) is 47.8. The smallest absolute Gasteiger partial charge is 0.237 e. The summed E-state index contributed by atoms with van der Waals surface area (Å²) >= 11 is 6.76. The number of likely N-dealkylation sites (tertiary alicyclic amines) is 1. The number of aliphatic hydroxyl groups is 1. The molecule has 5 rings (SSSR count). The maximum absolute atomic E-state index is 12.5. The van der Waals surface area contributed by atoms with Crippen molar-refractivity contribution in [2.75, 3.05) is 13.1 Å². The Bertz CT molecular complexity index is 557. The van der Waals surface area contributed by atoms with Gasteiger partial charge in [-0.15, -0.1) is 11.6 Å². The van der Waals surface area contributed by atoms with E-state index in [1.807, 2.05) is 0 Å². The Morgan fingerprint density at radius 2 is 2.17 bits per heavy atom. The van der Waals surface area contributed by atoms with E-state index in [2.05, 4.69) is 11.4 Å². The van der Waals surface area contributed by atoms with Crippen molar-refractivity contribution in [1.29, 1.82) is 5.26 Å². The van der Waals surface area contributed by atoms with Gasteiger partial charge in [-0.05, 0) is 57.3 Å². The summed E-state index contributed by atoms with van der Waals surface area (Å²) in [6, 6.07) is 1.94. The van der Waals surface area contributed by atoms with Crippen LogP contribution in [0, 0.1) is 17.2 Å². The lowest BCUT2D eigenvalue weighted by Crippen LogP contribution is -2.69. The molecular formula is C17H24ClN3O2. The van der Waals surface area contributed by atoms with Crippen molar-refractivity contribution in [3.05, 3.63) is 0 Å². The summed E-state index contributed by atoms with van der Waals surface area (Å²) in [6.07, 6.45) is 6.71. The van der Waals surface area contributed by atoms with Gasteiger partial charge in [-0.25, -0.2) is 0 Å². The second kappa shape index (κ2) is 5.08. The largest absolute Gasteiger partial charge is 0.390 e. The predicted octanol–water partition coefficient (Wildman–Crippen LogP) is 1.54. The van der Waals surface area contributed by atoms with E-state index in [-0.39, 0.29) is 28.9 Å². The minimum Gasteiger partial charge on any atom is -0.390 e. The minimum atomic E-state index is -0.667. The summed E-state index contributed by atoms with van der Waals surface area (Å²) in [5, 5.41) is 23.4. The molecule has 5 fully saturated rings. The van der Waals surface area contributed by atoms with Gasteiger partial charge in [-0.1, -0.05) is 0 Å². The van der Waals surface area contributed by atoms with E-state index < -0.39 is 5.60 Å². The monoisotopic (exact) mass is 337 g/mol. The highest BCUT2D eigenvalue weighted by Gasteiger charge is 2.62. The number of alkyl halides is 1. The van der Waals surface area contributed by atoms with Gasteiger partial charge in [0.1, 0.15) is 6.04 Å². The average molecular weight is 338 g/mol. The Kier molecular flexibility index (Phi) is 3.46. The molecule has 0 aromatic rings. The molecular weight excluding hydrogens is 314 g/mol. The molecule has 5 aliphatic rings. The van der Waals surface area contributed by atoms with E-state index in [1.165, 1.54) is 0 Å². The molecule has 0 aromatic carbocycles. The topological polar surface area (TPSA) is 76.4 Å². The number of carbonyl (C=O) groups excluding carboxylic acids is 1. The molecule has 1 aliphatic heterocycles. The summed E-state index contributed by atoms with van der Waals surface area (Å²) in [4.78, 5) is 13.9. The highest BCUT2D eigenvalue weighted by molar-refractivity contribution is 6.24. The number of hydrogen-bond acceptors (Lipinski definition) is 4. The Morgan fingerprint density at radius 3 is 2.87 bits per heavy atom. The number of amides is 1. The van der Waals surface area contributed by atoms with Crippen LogP contribution in [0.4, 0.5) is 0 Å². The molecule has 4 aliphatic carbocycles. The van der Waals surface area contributed by atoms with Crippen molar-refractivity contribution in [1.82, 2.24) is 10.2 Å². The molecule has 0 radical (unpaired) electrons. The zero-order valence-corrected chi connectivity index (χ0v) is 14.1. The van der Waals surface area contributed by atoms with E-state index in [9.17, 15) is 9.90 Å². The minimum absolute atomic E-state index is 0.000377. The third kappa shape index (κ3) is 2.65. The number of hydrogen-bond donors (Lipinski definition) is 2. The van der Waals surface area contributed by atoms with Crippen LogP contribution in [-0.2, 0) is 4.79 Å². The second-order valence-electron chi connectivity index (χ2n) is 8.39. The first kappa shape index (κ1) is 15.7. The lowest BCUT2D eigenvalue weighted by molar-refractivity contribution is -0.141. The summed E-state index contributed by atoms with van der Waals surface area (Å²) in [5.74, 6) is 0.454. The Hall–Kier alpha value is -0.830. The van der Waals surface area contributed by atoms with Crippen LogP contribution >= 0.6 is 11.6 Å². The van der Waals surface area contributed by atoms with Crippen LogP contribution in [0.3, 0.4) is 0 Å². The zero-order valence-electron chi connectivity index (χ0n) is 13.4. The first-order valence-electron chi connectivity index (χ1n) is 8.70. The standard InChI is InChI=1S/C17H24ClN3O2/c18-15-4-12-5-16(9-15,11-17(23,6-12)10-15)20-8-14(22)21-3-1-2-13(21)7-19/h12-13,20,23H,1-6,8-11H2. The van der Waals surface area contributed by atoms with E-state index >= 15 is 0 Å². The fourth-order valence-electron chi connectivity index (χ4n) is 6.03. The molecule has 5 unspecified atom stereocenters. The Balaban J connectivity index is 1.45. The average Bonchev–Trinajstić information content (AvgIpc) is 2.89. The number of halogens is 1. The van der Waals surface area contributed by atoms with E-state index in [4.69, 9.17) is 16.9 Å². The maximum Gasteiger partial charge on any atom is 0.237 e. The molecule has 1 saturated heterocycles. The quantitative estimate of drug-likeness (QED) is 0.766. The molecule has 6 heteroatoms. The van der Waals surface area contributed by atoms with Crippen LogP contribution < -0.4 is 5.32 Å². The van der Waals surface area contributed by atoms with Gasteiger partial charge in [0.2, 0.25) is 5.91 Å². The Labute approximate surface area is 142 Å². The lowest BCUT2D eigenvalue weighted by atomic mass is 9.50. The van der Waals surface area contributed by atoms with Gasteiger partial charge in [0.15, 0.2) is 0 Å². The maximum atomic E-state index is 12.5. The highest BCUT2D eigenvalue weighted by Crippen LogP contribution is 2.61. The van der Waals surface area contributed by atoms with Gasteiger partial charge >= 0.3 is 0 Å². The van der Waals surface area contributed by atoms with E-state index in [0.29, 0.717) is 25.3 Å². The summed E-state index contributed by atoms with van der Waals surface area (Å²) < 4.78 is 0. The molecule has 23 heavy (non-hydrogen) atoms. The molecule has 2 N–H and O–H groups in total. The summed E-state index contributed by atoms with van der Waals surface area (Å²) in [7, 11) is 0. The number of nitrogens with zero attached hydrogens (tertiary/aromatic N) is 2. The molecule has 0 spiro atoms. The summed E-state index contributed by atoms with van der Waals surface area (Å²) in [6.45, 7) is 0.922. The van der Waals surface area contributed by atoms with Gasteiger partial charge in [0.25, 0.3) is 0 Å². The van der Waals surface area contributed by atoms with Crippen molar-refractivity contribution >= 4 is 17.5 Å². The van der Waals surface area contributed by atoms with Gasteiger partial charge in [-0.3, -0.25) is 4.79 Å². The number of carbonyl (C=O) groups is 1. The number of nitriles is 1. The van der Waals surface area contributed by atoms with Crippen LogP contribution in [0.5, 0.6) is 0 Å². The Morgan fingerprint density at radius 1 is 1.35 bits per heavy atom. The number of nitrogens with one attached hydrogen (secondary N) is 1. The first-order valence-corrected chi connectivity index (χ1v) is 9.08. The van der Waals surface area contributed by atoms with Crippen LogP contribution in [0.25, 0.3) is 0 Å². The second-order valence-corrected chi connectivity index (χ2v) is 9.19. The van der Waals surface area contributed by atoms with Gasteiger partial charge in [-0.2, -0.15) is 5.26 Å². The van der Waals surface area contributed by atoms with E-state index in [1.54, 1.807) is 4.90 Å². The molecule has 1 amide bonds. The fourth-order valence-corrected chi connectivity index (χ4v) is 6.75. The van der Waals surface area contributed by atoms with Gasteiger partial charge < -0.3 is 15.3 Å². The molecule has 1 heterocycles. The van der Waals surface area contributed by atoms with Crippen molar-refractivity contribution in [3.8, 4) is 6.07 Å². The van der Waals surface area contributed by atoms with Crippen LogP contribution in [0.2, 0.25) is 0 Å². The third-order valence-corrected chi connectivity index (χ3v) is 6.73. The zero-order chi connectivity index (χ0) is 16.3. The van der Waals surface area contributed by atoms with Crippen LogP contribution in [-0.4, -0.2) is 51.1 Å². The molecule has 4 bridgehead atoms. The van der Waals surface area contributed by atoms with Crippen LogP contribution in [0.1, 0.15) is 51.4 Å².